The molecule has 0 aliphatic carbocycles. The largest absolute Gasteiger partial charge is 0.340 e. The van der Waals surface area contributed by atoms with Crippen LogP contribution in [0.1, 0.15) is 20.8 Å². The molecule has 0 saturated carbocycles. The van der Waals surface area contributed by atoms with Gasteiger partial charge in [0.25, 0.3) is 5.91 Å². The zero-order valence-electron chi connectivity index (χ0n) is 17.4. The number of nitrogens with zero attached hydrogens (tertiary/aromatic N) is 2. The van der Waals surface area contributed by atoms with Crippen LogP contribution in [0, 0.1) is 0 Å². The van der Waals surface area contributed by atoms with Crippen LogP contribution in [0.3, 0.4) is 0 Å². The van der Waals surface area contributed by atoms with Crippen LogP contribution in [0.15, 0.2) is 78.2 Å². The fourth-order valence-corrected chi connectivity index (χ4v) is 4.60. The van der Waals surface area contributed by atoms with Crippen LogP contribution < -0.4 is 5.32 Å². The first-order chi connectivity index (χ1) is 15.2. The van der Waals surface area contributed by atoms with Crippen molar-refractivity contribution in [1.29, 1.82) is 0 Å². The molecule has 1 unspecified atom stereocenters. The highest BCUT2D eigenvalue weighted by atomic mass is 32.1. The third-order valence-electron chi connectivity index (χ3n) is 5.57. The van der Waals surface area contributed by atoms with E-state index < -0.39 is 6.04 Å². The Morgan fingerprint density at radius 3 is 2.19 bits per heavy atom. The first-order valence-electron chi connectivity index (χ1n) is 10.6. The zero-order chi connectivity index (χ0) is 21.5. The Morgan fingerprint density at radius 1 is 0.871 bits per heavy atom. The summed E-state index contributed by atoms with van der Waals surface area (Å²) in [5.74, 6) is -0.227. The molecule has 0 bridgehead atoms. The van der Waals surface area contributed by atoms with Crippen LogP contribution in [0.25, 0.3) is 0 Å². The van der Waals surface area contributed by atoms with Crippen molar-refractivity contribution in [3.63, 3.8) is 0 Å². The molecule has 6 heteroatoms. The number of hydrogen-bond donors (Lipinski definition) is 1. The average molecular weight is 434 g/mol. The van der Waals surface area contributed by atoms with Gasteiger partial charge in [-0.05, 0) is 29.1 Å². The number of carbonyl (C=O) groups is 2. The quantitative estimate of drug-likeness (QED) is 0.621. The Morgan fingerprint density at radius 2 is 1.55 bits per heavy atom. The fraction of sp³-hybridized carbons (Fsp3) is 0.280. The van der Waals surface area contributed by atoms with Gasteiger partial charge in [-0.3, -0.25) is 14.5 Å². The maximum Gasteiger partial charge on any atom is 0.251 e. The van der Waals surface area contributed by atoms with Crippen molar-refractivity contribution in [2.75, 3.05) is 26.2 Å². The molecule has 2 aromatic carbocycles. The van der Waals surface area contributed by atoms with E-state index >= 15 is 0 Å². The summed E-state index contributed by atoms with van der Waals surface area (Å²) in [6.07, 6.45) is 0.480. The lowest BCUT2D eigenvalue weighted by Gasteiger charge is -2.36. The van der Waals surface area contributed by atoms with E-state index in [1.165, 1.54) is 4.88 Å². The molecule has 31 heavy (non-hydrogen) atoms. The van der Waals surface area contributed by atoms with Crippen molar-refractivity contribution in [2.24, 2.45) is 0 Å². The van der Waals surface area contributed by atoms with Gasteiger partial charge in [-0.25, -0.2) is 0 Å². The number of rotatable bonds is 7. The van der Waals surface area contributed by atoms with Gasteiger partial charge in [0.2, 0.25) is 5.91 Å². The van der Waals surface area contributed by atoms with E-state index in [0.29, 0.717) is 25.1 Å². The van der Waals surface area contributed by atoms with E-state index in [4.69, 9.17) is 0 Å². The second-order valence-corrected chi connectivity index (χ2v) is 8.79. The van der Waals surface area contributed by atoms with Gasteiger partial charge in [-0.2, -0.15) is 0 Å². The Bertz CT molecular complexity index is 969. The van der Waals surface area contributed by atoms with Crippen molar-refractivity contribution in [3.05, 3.63) is 94.2 Å². The molecule has 5 nitrogen and oxygen atoms in total. The molecule has 4 rings (SSSR count). The highest BCUT2D eigenvalue weighted by molar-refractivity contribution is 7.09. The van der Waals surface area contributed by atoms with Gasteiger partial charge in [0.1, 0.15) is 6.04 Å². The Kier molecular flexibility index (Phi) is 7.12. The number of thiophene rings is 1. The topological polar surface area (TPSA) is 52.7 Å². The van der Waals surface area contributed by atoms with Gasteiger partial charge in [-0.15, -0.1) is 11.3 Å². The molecular formula is C25H27N3O2S. The molecular weight excluding hydrogens is 406 g/mol. The van der Waals surface area contributed by atoms with E-state index in [1.54, 1.807) is 23.5 Å². The molecule has 1 N–H and O–H groups in total. The smallest absolute Gasteiger partial charge is 0.251 e. The number of benzene rings is 2. The minimum absolute atomic E-state index is 0.0103. The lowest BCUT2D eigenvalue weighted by molar-refractivity contribution is -0.135. The third-order valence-corrected chi connectivity index (χ3v) is 6.43. The summed E-state index contributed by atoms with van der Waals surface area (Å²) in [6, 6.07) is 22.6. The summed E-state index contributed by atoms with van der Waals surface area (Å²) >= 11 is 1.76. The minimum atomic E-state index is -0.584. The van der Waals surface area contributed by atoms with E-state index in [9.17, 15) is 9.59 Å². The van der Waals surface area contributed by atoms with Crippen molar-refractivity contribution in [2.45, 2.75) is 19.0 Å². The second-order valence-electron chi connectivity index (χ2n) is 7.76. The predicted molar refractivity (Wildman–Crippen MR) is 124 cm³/mol. The Hall–Kier alpha value is -2.96. The Balaban J connectivity index is 1.41. The molecule has 2 amide bonds. The van der Waals surface area contributed by atoms with Gasteiger partial charge in [0.15, 0.2) is 0 Å². The summed E-state index contributed by atoms with van der Waals surface area (Å²) in [7, 11) is 0. The number of amides is 2. The zero-order valence-corrected chi connectivity index (χ0v) is 18.3. The molecule has 1 fully saturated rings. The SMILES string of the molecule is O=C(NC(Cc1ccccc1)C(=O)N1CCN(Cc2cccs2)CC1)c1ccccc1. The van der Waals surface area contributed by atoms with Crippen LogP contribution in [-0.2, 0) is 17.8 Å². The molecule has 0 radical (unpaired) electrons. The first kappa shape index (κ1) is 21.3. The van der Waals surface area contributed by atoms with Crippen LogP contribution in [0.5, 0.6) is 0 Å². The van der Waals surface area contributed by atoms with Crippen LogP contribution in [-0.4, -0.2) is 53.8 Å². The normalized spacial score (nSPS) is 15.4. The van der Waals surface area contributed by atoms with E-state index in [-0.39, 0.29) is 11.8 Å². The van der Waals surface area contributed by atoms with Gasteiger partial charge in [0.05, 0.1) is 0 Å². The van der Waals surface area contributed by atoms with E-state index in [1.807, 2.05) is 53.4 Å². The van der Waals surface area contributed by atoms with E-state index in [2.05, 4.69) is 27.7 Å². The van der Waals surface area contributed by atoms with Gasteiger partial charge >= 0.3 is 0 Å². The maximum atomic E-state index is 13.4. The molecule has 1 aliphatic heterocycles. The molecule has 0 spiro atoms. The third kappa shape index (κ3) is 5.81. The summed E-state index contributed by atoms with van der Waals surface area (Å²) in [5, 5.41) is 5.08. The second kappa shape index (κ2) is 10.4. The summed E-state index contributed by atoms with van der Waals surface area (Å²) < 4.78 is 0. The Labute approximate surface area is 187 Å². The van der Waals surface area contributed by atoms with Crippen molar-refractivity contribution >= 4 is 23.2 Å². The van der Waals surface area contributed by atoms with Crippen molar-refractivity contribution in [3.8, 4) is 0 Å². The average Bonchev–Trinajstić information content (AvgIpc) is 3.33. The van der Waals surface area contributed by atoms with Gasteiger partial charge in [-0.1, -0.05) is 54.6 Å². The number of nitrogens with one attached hydrogen (secondary N) is 1. The number of carbonyl (C=O) groups excluding carboxylic acids is 2. The maximum absolute atomic E-state index is 13.4. The van der Waals surface area contributed by atoms with Gasteiger partial charge in [0, 0.05) is 49.6 Å². The molecule has 1 aliphatic rings. The molecule has 3 aromatic rings. The van der Waals surface area contributed by atoms with Crippen LogP contribution in [0.2, 0.25) is 0 Å². The summed E-state index contributed by atoms with van der Waals surface area (Å²) in [5.41, 5.74) is 1.60. The lowest BCUT2D eigenvalue weighted by Crippen LogP contribution is -2.55. The molecule has 1 aromatic heterocycles. The molecule has 1 atom stereocenters. The predicted octanol–water partition coefficient (Wildman–Crippen LogP) is 3.43. The van der Waals surface area contributed by atoms with Crippen LogP contribution in [0.4, 0.5) is 0 Å². The first-order valence-corrected chi connectivity index (χ1v) is 11.5. The highest BCUT2D eigenvalue weighted by Crippen LogP contribution is 2.15. The van der Waals surface area contributed by atoms with E-state index in [0.717, 1.165) is 25.2 Å². The monoisotopic (exact) mass is 433 g/mol. The molecule has 160 valence electrons. The standard InChI is InChI=1S/C25H27N3O2S/c29-24(21-10-5-2-6-11-21)26-23(18-20-8-3-1-4-9-20)25(30)28-15-13-27(14-16-28)19-22-12-7-17-31-22/h1-12,17,23H,13-16,18-19H2,(H,26,29). The van der Waals surface area contributed by atoms with Crippen LogP contribution >= 0.6 is 11.3 Å². The summed E-state index contributed by atoms with van der Waals surface area (Å²) in [4.78, 5) is 31.8. The minimum Gasteiger partial charge on any atom is -0.340 e. The molecule has 1 saturated heterocycles. The van der Waals surface area contributed by atoms with Crippen molar-refractivity contribution < 1.29 is 9.59 Å². The molecule has 2 heterocycles. The lowest BCUT2D eigenvalue weighted by atomic mass is 10.0. The number of hydrogen-bond acceptors (Lipinski definition) is 4. The highest BCUT2D eigenvalue weighted by Gasteiger charge is 2.29. The fourth-order valence-electron chi connectivity index (χ4n) is 3.85. The summed E-state index contributed by atoms with van der Waals surface area (Å²) in [6.45, 7) is 3.97. The van der Waals surface area contributed by atoms with Crippen molar-refractivity contribution in [1.82, 2.24) is 15.1 Å². The number of piperazine rings is 1. The van der Waals surface area contributed by atoms with Gasteiger partial charge < -0.3 is 10.2 Å².